The highest BCUT2D eigenvalue weighted by atomic mass is 35.5. The molecule has 0 amide bonds. The molecule has 0 atom stereocenters. The summed E-state index contributed by atoms with van der Waals surface area (Å²) in [6.45, 7) is 9.78. The van der Waals surface area contributed by atoms with Crippen molar-refractivity contribution in [2.24, 2.45) is 5.41 Å². The largest absolute Gasteiger partial charge is 0.369 e. The fourth-order valence-electron chi connectivity index (χ4n) is 4.63. The molecule has 5 nitrogen and oxygen atoms in total. The summed E-state index contributed by atoms with van der Waals surface area (Å²) >= 11 is 12.2. The summed E-state index contributed by atoms with van der Waals surface area (Å²) in [4.78, 5) is 5.07. The number of anilines is 1. The van der Waals surface area contributed by atoms with Gasteiger partial charge in [0.25, 0.3) is 0 Å². The minimum Gasteiger partial charge on any atom is -0.369 e. The zero-order valence-corrected chi connectivity index (χ0v) is 21.1. The molecule has 0 aliphatic carbocycles. The Bertz CT molecular complexity index is 1070. The molecule has 174 valence electrons. The molecule has 2 aliphatic rings. The van der Waals surface area contributed by atoms with Gasteiger partial charge in [-0.05, 0) is 54.2 Å². The van der Waals surface area contributed by atoms with E-state index >= 15 is 0 Å². The Morgan fingerprint density at radius 2 is 1.69 bits per heavy atom. The maximum Gasteiger partial charge on any atom is 0.243 e. The standard InChI is InChI=1S/C24H31Cl2N3O2S/c1-24(2)9-4-10-29(18-24)32(30,31)21-6-3-5-19(15-21)17-27-11-13-28(14-12-27)20-7-8-22(25)23(26)16-20/h3,5-8,15-16H,4,9-14,17-18H2,1-2H3. The number of sulfonamides is 1. The summed E-state index contributed by atoms with van der Waals surface area (Å²) in [5.41, 5.74) is 2.14. The van der Waals surface area contributed by atoms with Crippen LogP contribution in [0.4, 0.5) is 5.69 Å². The highest BCUT2D eigenvalue weighted by Gasteiger charge is 2.34. The first-order valence-corrected chi connectivity index (χ1v) is 13.4. The number of rotatable bonds is 5. The SMILES string of the molecule is CC1(C)CCCN(S(=O)(=O)c2cccc(CN3CCN(c4ccc(Cl)c(Cl)c4)CC3)c2)C1. The summed E-state index contributed by atoms with van der Waals surface area (Å²) in [5, 5.41) is 1.14. The van der Waals surface area contributed by atoms with Crippen LogP contribution in [0.3, 0.4) is 0 Å². The molecule has 2 fully saturated rings. The van der Waals surface area contributed by atoms with E-state index in [1.165, 1.54) is 0 Å². The van der Waals surface area contributed by atoms with E-state index in [2.05, 4.69) is 23.6 Å². The Morgan fingerprint density at radius 3 is 2.38 bits per heavy atom. The molecule has 0 unspecified atom stereocenters. The van der Waals surface area contributed by atoms with Crippen molar-refractivity contribution in [3.63, 3.8) is 0 Å². The van der Waals surface area contributed by atoms with Crippen molar-refractivity contribution in [2.45, 2.75) is 38.1 Å². The van der Waals surface area contributed by atoms with Crippen LogP contribution in [0.2, 0.25) is 10.0 Å². The molecule has 0 aromatic heterocycles. The van der Waals surface area contributed by atoms with E-state index in [1.54, 1.807) is 10.4 Å². The second-order valence-electron chi connectivity index (χ2n) is 9.62. The van der Waals surface area contributed by atoms with Crippen molar-refractivity contribution in [3.05, 3.63) is 58.1 Å². The summed E-state index contributed by atoms with van der Waals surface area (Å²) in [6, 6.07) is 13.2. The van der Waals surface area contributed by atoms with Gasteiger partial charge in [-0.3, -0.25) is 4.90 Å². The van der Waals surface area contributed by atoms with Crippen LogP contribution in [0.5, 0.6) is 0 Å². The van der Waals surface area contributed by atoms with Crippen molar-refractivity contribution >= 4 is 38.9 Å². The van der Waals surface area contributed by atoms with Gasteiger partial charge in [-0.2, -0.15) is 4.31 Å². The number of benzene rings is 2. The molecule has 32 heavy (non-hydrogen) atoms. The molecule has 0 saturated carbocycles. The van der Waals surface area contributed by atoms with E-state index in [1.807, 2.05) is 36.4 Å². The molecule has 2 aliphatic heterocycles. The van der Waals surface area contributed by atoms with Crippen LogP contribution < -0.4 is 4.90 Å². The molecule has 2 saturated heterocycles. The lowest BCUT2D eigenvalue weighted by Crippen LogP contribution is -2.46. The monoisotopic (exact) mass is 495 g/mol. The summed E-state index contributed by atoms with van der Waals surface area (Å²) in [7, 11) is -3.47. The lowest BCUT2D eigenvalue weighted by molar-refractivity contribution is 0.187. The normalized spacial score (nSPS) is 20.4. The molecule has 0 radical (unpaired) electrons. The average molecular weight is 497 g/mol. The van der Waals surface area contributed by atoms with E-state index in [4.69, 9.17) is 23.2 Å². The molecule has 0 bridgehead atoms. The Balaban J connectivity index is 1.40. The van der Waals surface area contributed by atoms with Crippen molar-refractivity contribution in [3.8, 4) is 0 Å². The second kappa shape index (κ2) is 9.51. The van der Waals surface area contributed by atoms with Gasteiger partial charge in [0.05, 0.1) is 14.9 Å². The molecular weight excluding hydrogens is 465 g/mol. The highest BCUT2D eigenvalue weighted by Crippen LogP contribution is 2.32. The third-order valence-corrected chi connectivity index (χ3v) is 9.03. The van der Waals surface area contributed by atoms with E-state index in [0.29, 0.717) is 28.0 Å². The predicted octanol–water partition coefficient (Wildman–Crippen LogP) is 5.13. The molecular formula is C24H31Cl2N3O2S. The predicted molar refractivity (Wildman–Crippen MR) is 132 cm³/mol. The first-order valence-electron chi connectivity index (χ1n) is 11.2. The van der Waals surface area contributed by atoms with Gasteiger partial charge in [-0.1, -0.05) is 49.2 Å². The zero-order chi connectivity index (χ0) is 22.9. The number of nitrogens with zero attached hydrogens (tertiary/aromatic N) is 3. The average Bonchev–Trinajstić information content (AvgIpc) is 2.76. The van der Waals surface area contributed by atoms with Crippen molar-refractivity contribution < 1.29 is 8.42 Å². The lowest BCUT2D eigenvalue weighted by atomic mass is 9.85. The van der Waals surface area contributed by atoms with E-state index in [-0.39, 0.29) is 5.41 Å². The number of hydrogen-bond donors (Lipinski definition) is 0. The highest BCUT2D eigenvalue weighted by molar-refractivity contribution is 7.89. The number of piperazine rings is 1. The minimum absolute atomic E-state index is 0.0247. The number of piperidine rings is 1. The topological polar surface area (TPSA) is 43.9 Å². The van der Waals surface area contributed by atoms with Crippen molar-refractivity contribution in [1.29, 1.82) is 0 Å². The summed E-state index contributed by atoms with van der Waals surface area (Å²) < 4.78 is 28.2. The third-order valence-electron chi connectivity index (χ3n) is 6.45. The zero-order valence-electron chi connectivity index (χ0n) is 18.7. The second-order valence-corrected chi connectivity index (χ2v) is 12.4. The number of halogens is 2. The number of hydrogen-bond acceptors (Lipinski definition) is 4. The van der Waals surface area contributed by atoms with Gasteiger partial charge in [0.15, 0.2) is 0 Å². The quantitative estimate of drug-likeness (QED) is 0.576. The third kappa shape index (κ3) is 5.42. The van der Waals surface area contributed by atoms with Gasteiger partial charge >= 0.3 is 0 Å². The molecule has 2 aromatic carbocycles. The summed E-state index contributed by atoms with van der Waals surface area (Å²) in [6.07, 6.45) is 1.97. The Morgan fingerprint density at radius 1 is 0.938 bits per heavy atom. The van der Waals surface area contributed by atoms with E-state index < -0.39 is 10.0 Å². The van der Waals surface area contributed by atoms with Crippen molar-refractivity contribution in [1.82, 2.24) is 9.21 Å². The molecule has 8 heteroatoms. The van der Waals surface area contributed by atoms with E-state index in [0.717, 1.165) is 56.8 Å². The van der Waals surface area contributed by atoms with Crippen LogP contribution >= 0.6 is 23.2 Å². The molecule has 4 rings (SSSR count). The van der Waals surface area contributed by atoms with Gasteiger partial charge in [-0.15, -0.1) is 0 Å². The molecule has 0 spiro atoms. The van der Waals surface area contributed by atoms with Crippen molar-refractivity contribution in [2.75, 3.05) is 44.2 Å². The van der Waals surface area contributed by atoms with Crippen LogP contribution in [0, 0.1) is 5.41 Å². The van der Waals surface area contributed by atoms with Gasteiger partial charge in [0.2, 0.25) is 10.0 Å². The maximum atomic E-state index is 13.3. The van der Waals surface area contributed by atoms with Gasteiger partial charge in [0.1, 0.15) is 0 Å². The molecule has 0 N–H and O–H groups in total. The Labute approximate surface area is 202 Å². The minimum atomic E-state index is -3.47. The molecule has 2 heterocycles. The fourth-order valence-corrected chi connectivity index (χ4v) is 6.66. The summed E-state index contributed by atoms with van der Waals surface area (Å²) in [5.74, 6) is 0. The maximum absolute atomic E-state index is 13.3. The first kappa shape index (κ1) is 23.8. The van der Waals surface area contributed by atoms with Crippen LogP contribution in [-0.4, -0.2) is 56.9 Å². The van der Waals surface area contributed by atoms with Crippen LogP contribution in [0.1, 0.15) is 32.3 Å². The van der Waals surface area contributed by atoms with Gasteiger partial charge in [-0.25, -0.2) is 8.42 Å². The fraction of sp³-hybridized carbons (Fsp3) is 0.500. The van der Waals surface area contributed by atoms with Crippen LogP contribution in [-0.2, 0) is 16.6 Å². The smallest absolute Gasteiger partial charge is 0.243 e. The van der Waals surface area contributed by atoms with E-state index in [9.17, 15) is 8.42 Å². The first-order chi connectivity index (χ1) is 15.1. The van der Waals surface area contributed by atoms with Gasteiger partial charge in [0, 0.05) is 51.5 Å². The van der Waals surface area contributed by atoms with Crippen LogP contribution in [0.15, 0.2) is 47.4 Å². The van der Waals surface area contributed by atoms with Gasteiger partial charge < -0.3 is 4.90 Å². The Kier molecular flexibility index (Phi) is 7.08. The van der Waals surface area contributed by atoms with Crippen LogP contribution in [0.25, 0.3) is 0 Å². The lowest BCUT2D eigenvalue weighted by Gasteiger charge is -2.37. The molecule has 2 aromatic rings. The Hall–Kier alpha value is -1.31.